The second-order valence-corrected chi connectivity index (χ2v) is 5.83. The number of nitrogens with one attached hydrogen (secondary N) is 1. The summed E-state index contributed by atoms with van der Waals surface area (Å²) in [6.45, 7) is 3.79. The summed E-state index contributed by atoms with van der Waals surface area (Å²) in [5.74, 6) is 0.625. The Hall–Kier alpha value is -2.32. The Balaban J connectivity index is 1.73. The number of ether oxygens (including phenoxy) is 1. The van der Waals surface area contributed by atoms with Gasteiger partial charge >= 0.3 is 0 Å². The number of aryl methyl sites for hydroxylation is 1. The smallest absolute Gasteiger partial charge is 0.136 e. The number of methoxy groups -OCH3 is 1. The van der Waals surface area contributed by atoms with Crippen LogP contribution in [0.3, 0.4) is 0 Å². The Morgan fingerprint density at radius 3 is 3.09 bits per heavy atom. The summed E-state index contributed by atoms with van der Waals surface area (Å²) in [6, 6.07) is 8.28. The number of benzene rings is 1. The predicted octanol–water partition coefficient (Wildman–Crippen LogP) is 2.95. The summed E-state index contributed by atoms with van der Waals surface area (Å²) in [5, 5.41) is 17.3. The fourth-order valence-corrected chi connectivity index (χ4v) is 3.30. The quantitative estimate of drug-likeness (QED) is 0.922. The lowest BCUT2D eigenvalue weighted by Gasteiger charge is -2.24. The highest BCUT2D eigenvalue weighted by Gasteiger charge is 2.23. The monoisotopic (exact) mass is 310 g/mol. The van der Waals surface area contributed by atoms with E-state index in [2.05, 4.69) is 28.1 Å². The third-order valence-corrected chi connectivity index (χ3v) is 4.50. The van der Waals surface area contributed by atoms with Crippen molar-refractivity contribution in [3.63, 3.8) is 0 Å². The predicted molar refractivity (Wildman–Crippen MR) is 88.1 cm³/mol. The summed E-state index contributed by atoms with van der Waals surface area (Å²) in [5.41, 5.74) is 4.36. The van der Waals surface area contributed by atoms with Gasteiger partial charge in [0.1, 0.15) is 11.8 Å². The van der Waals surface area contributed by atoms with E-state index in [0.29, 0.717) is 17.4 Å². The largest absolute Gasteiger partial charge is 0.495 e. The zero-order chi connectivity index (χ0) is 16.2. The minimum Gasteiger partial charge on any atom is -0.495 e. The molecule has 120 valence electrons. The maximum Gasteiger partial charge on any atom is 0.136 e. The van der Waals surface area contributed by atoms with E-state index in [1.807, 2.05) is 24.4 Å². The lowest BCUT2D eigenvalue weighted by atomic mass is 9.92. The summed E-state index contributed by atoms with van der Waals surface area (Å²) in [6.07, 6.45) is 5.43. The highest BCUT2D eigenvalue weighted by Crippen LogP contribution is 2.30. The topological polar surface area (TPSA) is 62.9 Å². The lowest BCUT2D eigenvalue weighted by Crippen LogP contribution is -2.25. The fourth-order valence-electron chi connectivity index (χ4n) is 3.30. The van der Waals surface area contributed by atoms with Crippen molar-refractivity contribution in [1.29, 1.82) is 5.26 Å². The molecule has 1 unspecified atom stereocenters. The summed E-state index contributed by atoms with van der Waals surface area (Å²) >= 11 is 0. The van der Waals surface area contributed by atoms with E-state index in [0.717, 1.165) is 31.5 Å². The van der Waals surface area contributed by atoms with Crippen LogP contribution in [0, 0.1) is 11.3 Å². The van der Waals surface area contributed by atoms with E-state index in [9.17, 15) is 5.26 Å². The highest BCUT2D eigenvalue weighted by molar-refractivity contribution is 5.45. The van der Waals surface area contributed by atoms with Gasteiger partial charge in [0.05, 0.1) is 18.9 Å². The molecule has 0 aliphatic heterocycles. The van der Waals surface area contributed by atoms with Crippen molar-refractivity contribution in [3.05, 3.63) is 46.8 Å². The van der Waals surface area contributed by atoms with Gasteiger partial charge in [-0.1, -0.05) is 6.07 Å². The van der Waals surface area contributed by atoms with Gasteiger partial charge in [0.25, 0.3) is 0 Å². The van der Waals surface area contributed by atoms with Gasteiger partial charge in [-0.25, -0.2) is 0 Å². The van der Waals surface area contributed by atoms with Gasteiger partial charge in [0.15, 0.2) is 0 Å². The van der Waals surface area contributed by atoms with Crippen LogP contribution in [0.4, 0.5) is 0 Å². The molecule has 0 radical (unpaired) electrons. The molecule has 1 N–H and O–H groups in total. The Morgan fingerprint density at radius 2 is 2.35 bits per heavy atom. The number of nitrogens with zero attached hydrogens (tertiary/aromatic N) is 3. The zero-order valence-corrected chi connectivity index (χ0v) is 13.7. The number of rotatable bonds is 5. The van der Waals surface area contributed by atoms with E-state index in [1.165, 1.54) is 17.7 Å². The van der Waals surface area contributed by atoms with Gasteiger partial charge in [-0.05, 0) is 43.9 Å². The van der Waals surface area contributed by atoms with Crippen LogP contribution < -0.4 is 10.1 Å². The van der Waals surface area contributed by atoms with Gasteiger partial charge in [-0.3, -0.25) is 4.68 Å². The van der Waals surface area contributed by atoms with E-state index in [1.54, 1.807) is 7.11 Å². The van der Waals surface area contributed by atoms with Crippen LogP contribution in [-0.4, -0.2) is 16.9 Å². The lowest BCUT2D eigenvalue weighted by molar-refractivity contribution is 0.413. The molecular formula is C18H22N4O. The Kier molecular flexibility index (Phi) is 4.63. The molecule has 0 bridgehead atoms. The molecular weight excluding hydrogens is 288 g/mol. The van der Waals surface area contributed by atoms with Gasteiger partial charge in [0, 0.05) is 30.4 Å². The van der Waals surface area contributed by atoms with Crippen molar-refractivity contribution in [2.24, 2.45) is 0 Å². The van der Waals surface area contributed by atoms with E-state index >= 15 is 0 Å². The Bertz CT molecular complexity index is 729. The average molecular weight is 310 g/mol. The molecule has 0 fully saturated rings. The third kappa shape index (κ3) is 3.08. The number of hydrogen-bond acceptors (Lipinski definition) is 4. The van der Waals surface area contributed by atoms with Crippen LogP contribution >= 0.6 is 0 Å². The molecule has 0 spiro atoms. The van der Waals surface area contributed by atoms with Gasteiger partial charge in [-0.15, -0.1) is 0 Å². The molecule has 1 aromatic carbocycles. The van der Waals surface area contributed by atoms with Crippen molar-refractivity contribution in [2.45, 2.75) is 45.3 Å². The van der Waals surface area contributed by atoms with Crippen LogP contribution in [-0.2, 0) is 19.5 Å². The normalized spacial score (nSPS) is 16.7. The first kappa shape index (κ1) is 15.6. The maximum atomic E-state index is 9.19. The van der Waals surface area contributed by atoms with Crippen molar-refractivity contribution < 1.29 is 4.74 Å². The minimum atomic E-state index is 0.340. The maximum absolute atomic E-state index is 9.19. The molecule has 1 aliphatic carbocycles. The van der Waals surface area contributed by atoms with Crippen molar-refractivity contribution in [1.82, 2.24) is 15.1 Å². The molecule has 0 saturated carbocycles. The molecule has 1 aliphatic rings. The molecule has 2 aromatic rings. The SMILES string of the molecule is CCn1ncc2c1CCCC2NCc1ccc(OC)c(C#N)c1. The molecule has 5 heteroatoms. The minimum absolute atomic E-state index is 0.340. The molecule has 3 rings (SSSR count). The first-order valence-electron chi connectivity index (χ1n) is 8.11. The van der Waals surface area contributed by atoms with Gasteiger partial charge < -0.3 is 10.1 Å². The van der Waals surface area contributed by atoms with Gasteiger partial charge in [-0.2, -0.15) is 10.4 Å². The summed E-state index contributed by atoms with van der Waals surface area (Å²) in [4.78, 5) is 0. The summed E-state index contributed by atoms with van der Waals surface area (Å²) < 4.78 is 7.29. The van der Waals surface area contributed by atoms with E-state index in [-0.39, 0.29) is 0 Å². The van der Waals surface area contributed by atoms with E-state index < -0.39 is 0 Å². The standard InChI is InChI=1S/C18H22N4O/c1-3-22-17-6-4-5-16(15(17)12-21-22)20-11-13-7-8-18(23-2)14(9-13)10-19/h7-9,12,16,20H,3-6,11H2,1-2H3. The van der Waals surface area contributed by atoms with Crippen LogP contribution in [0.1, 0.15) is 48.2 Å². The van der Waals surface area contributed by atoms with Crippen LogP contribution in [0.25, 0.3) is 0 Å². The zero-order valence-electron chi connectivity index (χ0n) is 13.7. The highest BCUT2D eigenvalue weighted by atomic mass is 16.5. The Morgan fingerprint density at radius 1 is 1.48 bits per heavy atom. The van der Waals surface area contributed by atoms with Crippen molar-refractivity contribution in [3.8, 4) is 11.8 Å². The molecule has 5 nitrogen and oxygen atoms in total. The van der Waals surface area contributed by atoms with Crippen LogP contribution in [0.15, 0.2) is 24.4 Å². The molecule has 23 heavy (non-hydrogen) atoms. The first-order chi connectivity index (χ1) is 11.3. The van der Waals surface area contributed by atoms with Crippen molar-refractivity contribution >= 4 is 0 Å². The molecule has 1 heterocycles. The van der Waals surface area contributed by atoms with Crippen LogP contribution in [0.5, 0.6) is 5.75 Å². The number of aromatic nitrogens is 2. The number of hydrogen-bond donors (Lipinski definition) is 1. The third-order valence-electron chi connectivity index (χ3n) is 4.50. The van der Waals surface area contributed by atoms with Gasteiger partial charge in [0.2, 0.25) is 0 Å². The molecule has 0 saturated heterocycles. The Labute approximate surface area is 136 Å². The fraction of sp³-hybridized carbons (Fsp3) is 0.444. The number of nitriles is 1. The van der Waals surface area contributed by atoms with Crippen LogP contribution in [0.2, 0.25) is 0 Å². The molecule has 1 atom stereocenters. The second kappa shape index (κ2) is 6.84. The average Bonchev–Trinajstić information content (AvgIpc) is 3.03. The summed E-state index contributed by atoms with van der Waals surface area (Å²) in [7, 11) is 1.59. The second-order valence-electron chi connectivity index (χ2n) is 5.83. The molecule has 0 amide bonds. The first-order valence-corrected chi connectivity index (χ1v) is 8.11. The van der Waals surface area contributed by atoms with E-state index in [4.69, 9.17) is 4.74 Å². The van der Waals surface area contributed by atoms with Crippen molar-refractivity contribution in [2.75, 3.05) is 7.11 Å². The number of fused-ring (bicyclic) bond motifs is 1. The molecule has 1 aromatic heterocycles.